The van der Waals surface area contributed by atoms with Crippen molar-refractivity contribution in [1.82, 2.24) is 15.5 Å². The third kappa shape index (κ3) is 2.94. The Morgan fingerprint density at radius 1 is 1.17 bits per heavy atom. The maximum absolute atomic E-state index is 13.6. The van der Waals surface area contributed by atoms with Crippen LogP contribution in [0.15, 0.2) is 12.1 Å². The monoisotopic (exact) mass is 404 g/mol. The number of nitrogens with zero attached hydrogens (tertiary/aromatic N) is 2. The van der Waals surface area contributed by atoms with Gasteiger partial charge in [0.05, 0.1) is 6.04 Å². The number of halogens is 2. The van der Waals surface area contributed by atoms with Gasteiger partial charge in [-0.05, 0) is 43.2 Å². The molecule has 1 aliphatic carbocycles. The molecule has 3 fully saturated rings. The van der Waals surface area contributed by atoms with E-state index in [1.807, 2.05) is 4.90 Å². The standard InChI is InChI=1S/C20H22F2N4O3/c21-14-8-11-7-13-10-25(5-6-26(13)16(11)9-15(14)22)17(27)3-4-20(12-1-2-12)18(28)23-19(29)24-20/h8-9,12-13H,1-7,10H2,(H2,23,24,28,29)/t13-,20-/m0/s1. The Morgan fingerprint density at radius 3 is 2.62 bits per heavy atom. The molecule has 0 spiro atoms. The number of carbonyl (C=O) groups is 3. The number of carbonyl (C=O) groups excluding carboxylic acids is 3. The number of piperazine rings is 1. The summed E-state index contributed by atoms with van der Waals surface area (Å²) in [5.41, 5.74) is 0.507. The first kappa shape index (κ1) is 18.3. The van der Waals surface area contributed by atoms with Crippen LogP contribution in [0.25, 0.3) is 0 Å². The minimum absolute atomic E-state index is 0.00391. The van der Waals surface area contributed by atoms with Crippen molar-refractivity contribution in [2.24, 2.45) is 5.92 Å². The molecule has 9 heteroatoms. The third-order valence-electron chi connectivity index (χ3n) is 6.70. The lowest BCUT2D eigenvalue weighted by Gasteiger charge is -2.39. The number of anilines is 1. The minimum atomic E-state index is -0.965. The summed E-state index contributed by atoms with van der Waals surface area (Å²) in [6, 6.07) is 1.99. The minimum Gasteiger partial charge on any atom is -0.364 e. The average Bonchev–Trinajstić information content (AvgIpc) is 3.42. The molecule has 4 aliphatic rings. The van der Waals surface area contributed by atoms with E-state index in [1.165, 1.54) is 12.1 Å². The van der Waals surface area contributed by atoms with Crippen LogP contribution in [0.1, 0.15) is 31.2 Å². The van der Waals surface area contributed by atoms with Crippen LogP contribution in [-0.4, -0.2) is 54.0 Å². The molecule has 0 radical (unpaired) electrons. The quantitative estimate of drug-likeness (QED) is 0.742. The Bertz CT molecular complexity index is 919. The fourth-order valence-electron chi connectivity index (χ4n) is 5.05. The molecule has 2 N–H and O–H groups in total. The lowest BCUT2D eigenvalue weighted by molar-refractivity contribution is -0.133. The topological polar surface area (TPSA) is 81.8 Å². The van der Waals surface area contributed by atoms with E-state index in [9.17, 15) is 23.2 Å². The van der Waals surface area contributed by atoms with E-state index >= 15 is 0 Å². The van der Waals surface area contributed by atoms with Gasteiger partial charge >= 0.3 is 6.03 Å². The summed E-state index contributed by atoms with van der Waals surface area (Å²) in [5, 5.41) is 5.05. The number of amides is 4. The van der Waals surface area contributed by atoms with E-state index in [2.05, 4.69) is 10.6 Å². The van der Waals surface area contributed by atoms with Crippen molar-refractivity contribution in [1.29, 1.82) is 0 Å². The molecule has 2 atom stereocenters. The molecule has 1 aromatic rings. The van der Waals surface area contributed by atoms with E-state index in [0.717, 1.165) is 18.4 Å². The molecule has 0 aromatic heterocycles. The highest BCUT2D eigenvalue weighted by Crippen LogP contribution is 2.44. The number of nitrogens with one attached hydrogen (secondary N) is 2. The maximum Gasteiger partial charge on any atom is 0.322 e. The number of rotatable bonds is 4. The van der Waals surface area contributed by atoms with Gasteiger partial charge in [-0.25, -0.2) is 13.6 Å². The van der Waals surface area contributed by atoms with E-state index in [4.69, 9.17) is 0 Å². The second-order valence-electron chi connectivity index (χ2n) is 8.44. The van der Waals surface area contributed by atoms with Crippen LogP contribution in [0.5, 0.6) is 0 Å². The molecule has 1 saturated carbocycles. The molecular formula is C20H22F2N4O3. The first-order valence-corrected chi connectivity index (χ1v) is 10.0. The van der Waals surface area contributed by atoms with Crippen LogP contribution in [0, 0.1) is 17.6 Å². The Morgan fingerprint density at radius 2 is 1.93 bits per heavy atom. The van der Waals surface area contributed by atoms with Gasteiger partial charge in [-0.15, -0.1) is 0 Å². The summed E-state index contributed by atoms with van der Waals surface area (Å²) in [6.07, 6.45) is 2.77. The molecule has 4 amide bonds. The Labute approximate surface area is 166 Å². The summed E-state index contributed by atoms with van der Waals surface area (Å²) in [4.78, 5) is 40.6. The van der Waals surface area contributed by atoms with Crippen LogP contribution in [-0.2, 0) is 16.0 Å². The van der Waals surface area contributed by atoms with Crippen LogP contribution in [0.2, 0.25) is 0 Å². The van der Waals surface area contributed by atoms with Crippen LogP contribution < -0.4 is 15.5 Å². The van der Waals surface area contributed by atoms with Gasteiger partial charge in [0.15, 0.2) is 11.6 Å². The van der Waals surface area contributed by atoms with Gasteiger partial charge in [-0.3, -0.25) is 14.9 Å². The first-order chi connectivity index (χ1) is 13.9. The van der Waals surface area contributed by atoms with Crippen molar-refractivity contribution >= 4 is 23.5 Å². The maximum atomic E-state index is 13.6. The number of hydrogen-bond acceptors (Lipinski definition) is 4. The summed E-state index contributed by atoms with van der Waals surface area (Å²) in [5.74, 6) is -2.01. The molecule has 0 bridgehead atoms. The Balaban J connectivity index is 1.24. The summed E-state index contributed by atoms with van der Waals surface area (Å²) >= 11 is 0. The van der Waals surface area contributed by atoms with Crippen LogP contribution in [0.3, 0.4) is 0 Å². The zero-order valence-electron chi connectivity index (χ0n) is 15.8. The summed E-state index contributed by atoms with van der Waals surface area (Å²) in [6.45, 7) is 1.52. The van der Waals surface area contributed by atoms with E-state index in [1.54, 1.807) is 4.90 Å². The zero-order valence-corrected chi connectivity index (χ0v) is 15.8. The highest BCUT2D eigenvalue weighted by atomic mass is 19.2. The second-order valence-corrected chi connectivity index (χ2v) is 8.44. The fourth-order valence-corrected chi connectivity index (χ4v) is 5.05. The largest absolute Gasteiger partial charge is 0.364 e. The van der Waals surface area contributed by atoms with Crippen LogP contribution >= 0.6 is 0 Å². The third-order valence-corrected chi connectivity index (χ3v) is 6.70. The SMILES string of the molecule is O=C1NC(=O)[C@](CCC(=O)N2CCN3c4cc(F)c(F)cc4C[C@H]3C2)(C2CC2)N1. The normalized spacial score (nSPS) is 28.1. The Kier molecular flexibility index (Phi) is 4.04. The molecular weight excluding hydrogens is 382 g/mol. The average molecular weight is 404 g/mol. The van der Waals surface area contributed by atoms with Gasteiger partial charge in [0.2, 0.25) is 5.91 Å². The lowest BCUT2D eigenvalue weighted by Crippen LogP contribution is -2.54. The molecule has 3 aliphatic heterocycles. The predicted molar refractivity (Wildman–Crippen MR) is 99.1 cm³/mol. The highest BCUT2D eigenvalue weighted by molar-refractivity contribution is 6.07. The van der Waals surface area contributed by atoms with E-state index < -0.39 is 23.2 Å². The van der Waals surface area contributed by atoms with Gasteiger partial charge in [-0.2, -0.15) is 0 Å². The Hall–Kier alpha value is -2.71. The van der Waals surface area contributed by atoms with Crippen molar-refractivity contribution in [3.63, 3.8) is 0 Å². The highest BCUT2D eigenvalue weighted by Gasteiger charge is 2.55. The predicted octanol–water partition coefficient (Wildman–Crippen LogP) is 1.31. The van der Waals surface area contributed by atoms with Gasteiger partial charge in [-0.1, -0.05) is 0 Å². The van der Waals surface area contributed by atoms with Gasteiger partial charge in [0.1, 0.15) is 5.54 Å². The number of benzene rings is 1. The number of urea groups is 1. The zero-order chi connectivity index (χ0) is 20.3. The molecule has 2 saturated heterocycles. The smallest absolute Gasteiger partial charge is 0.322 e. The van der Waals surface area contributed by atoms with E-state index in [0.29, 0.717) is 31.7 Å². The molecule has 7 nitrogen and oxygen atoms in total. The molecule has 5 rings (SSSR count). The van der Waals surface area contributed by atoms with Gasteiger partial charge in [0.25, 0.3) is 5.91 Å². The van der Waals surface area contributed by atoms with Gasteiger partial charge in [0, 0.05) is 37.8 Å². The van der Waals surface area contributed by atoms with Gasteiger partial charge < -0.3 is 15.1 Å². The molecule has 29 heavy (non-hydrogen) atoms. The molecule has 154 valence electrons. The van der Waals surface area contributed by atoms with Crippen molar-refractivity contribution in [2.75, 3.05) is 24.5 Å². The first-order valence-electron chi connectivity index (χ1n) is 10.0. The molecule has 1 aromatic carbocycles. The fraction of sp³-hybridized carbons (Fsp3) is 0.550. The van der Waals surface area contributed by atoms with Crippen LogP contribution in [0.4, 0.5) is 19.3 Å². The summed E-state index contributed by atoms with van der Waals surface area (Å²) in [7, 11) is 0. The number of imide groups is 1. The van der Waals surface area contributed by atoms with Crippen molar-refractivity contribution in [2.45, 2.75) is 43.7 Å². The summed E-state index contributed by atoms with van der Waals surface area (Å²) < 4.78 is 27.2. The molecule has 0 unspecified atom stereocenters. The number of hydrogen-bond donors (Lipinski definition) is 2. The lowest BCUT2D eigenvalue weighted by atomic mass is 9.87. The van der Waals surface area contributed by atoms with Crippen molar-refractivity contribution < 1.29 is 23.2 Å². The molecule has 3 heterocycles. The van der Waals surface area contributed by atoms with Crippen molar-refractivity contribution in [3.8, 4) is 0 Å². The van der Waals surface area contributed by atoms with E-state index in [-0.39, 0.29) is 36.6 Å². The second kappa shape index (κ2) is 6.40. The number of fused-ring (bicyclic) bond motifs is 3. The van der Waals surface area contributed by atoms with Crippen molar-refractivity contribution in [3.05, 3.63) is 29.3 Å².